The highest BCUT2D eigenvalue weighted by Crippen LogP contribution is 2.29. The van der Waals surface area contributed by atoms with Gasteiger partial charge in [0.2, 0.25) is 0 Å². The van der Waals surface area contributed by atoms with E-state index in [1.807, 2.05) is 13.8 Å². The zero-order valence-corrected chi connectivity index (χ0v) is 18.9. The number of nitrogens with zero attached hydrogens (tertiary/aromatic N) is 4. The van der Waals surface area contributed by atoms with Crippen LogP contribution in [0.3, 0.4) is 0 Å². The van der Waals surface area contributed by atoms with Crippen LogP contribution in [0.15, 0.2) is 24.3 Å². The Kier molecular flexibility index (Phi) is 7.32. The van der Waals surface area contributed by atoms with Gasteiger partial charge in [0.15, 0.2) is 0 Å². The van der Waals surface area contributed by atoms with Gasteiger partial charge in [-0.25, -0.2) is 14.4 Å². The molecule has 1 aromatic heterocycles. The first-order valence-corrected chi connectivity index (χ1v) is 11.5. The molecule has 1 N–H and O–H groups in total. The molecule has 32 heavy (non-hydrogen) atoms. The molecule has 2 aliphatic heterocycles. The third kappa shape index (κ3) is 5.24. The molecule has 0 saturated carbocycles. The Hall–Kier alpha value is -2.58. The van der Waals surface area contributed by atoms with E-state index in [-0.39, 0.29) is 17.6 Å². The molecule has 1 unspecified atom stereocenters. The van der Waals surface area contributed by atoms with Gasteiger partial charge in [-0.15, -0.1) is 0 Å². The van der Waals surface area contributed by atoms with E-state index in [9.17, 15) is 9.18 Å². The molecule has 2 aliphatic rings. The molecule has 1 amide bonds. The summed E-state index contributed by atoms with van der Waals surface area (Å²) in [7, 11) is 0. The molecule has 0 aliphatic carbocycles. The summed E-state index contributed by atoms with van der Waals surface area (Å²) in [6, 6.07) is 6.43. The summed E-state index contributed by atoms with van der Waals surface area (Å²) >= 11 is 0. The zero-order valence-electron chi connectivity index (χ0n) is 18.9. The summed E-state index contributed by atoms with van der Waals surface area (Å²) < 4.78 is 18.8. The summed E-state index contributed by atoms with van der Waals surface area (Å²) in [5.41, 5.74) is 2.62. The van der Waals surface area contributed by atoms with E-state index in [4.69, 9.17) is 14.7 Å². The molecule has 2 fully saturated rings. The number of ether oxygens (including phenoxy) is 1. The lowest BCUT2D eigenvalue weighted by molar-refractivity contribution is 0.0298. The maximum Gasteiger partial charge on any atom is 0.274 e. The molecule has 7 nitrogen and oxygen atoms in total. The van der Waals surface area contributed by atoms with E-state index in [0.717, 1.165) is 31.7 Å². The van der Waals surface area contributed by atoms with Crippen molar-refractivity contribution in [1.82, 2.24) is 19.8 Å². The molecule has 1 aromatic carbocycles. The molecule has 3 heterocycles. The Balaban J connectivity index is 1.61. The van der Waals surface area contributed by atoms with Gasteiger partial charge in [0, 0.05) is 32.1 Å². The molecule has 1 atom stereocenters. The van der Waals surface area contributed by atoms with Crippen molar-refractivity contribution < 1.29 is 13.9 Å². The number of carbonyl (C=O) groups excluding carboxylic acids is 1. The minimum Gasteiger partial charge on any atom is -0.378 e. The average molecular weight is 442 g/mol. The Morgan fingerprint density at radius 1 is 1.12 bits per heavy atom. The van der Waals surface area contributed by atoms with Crippen LogP contribution in [-0.4, -0.2) is 78.2 Å². The number of aryl methyl sites for hydroxylation is 1. The minimum absolute atomic E-state index is 0.116. The Bertz CT molecular complexity index is 925. The molecule has 2 aromatic rings. The second kappa shape index (κ2) is 10.4. The minimum atomic E-state index is -0.275. The van der Waals surface area contributed by atoms with Crippen LogP contribution in [0.1, 0.15) is 53.1 Å². The number of aromatic nitrogens is 2. The maximum atomic E-state index is 13.5. The number of rotatable bonds is 7. The van der Waals surface area contributed by atoms with Crippen LogP contribution < -0.4 is 5.32 Å². The second-order valence-corrected chi connectivity index (χ2v) is 8.54. The van der Waals surface area contributed by atoms with E-state index in [1.54, 1.807) is 17.0 Å². The molecule has 8 heteroatoms. The van der Waals surface area contributed by atoms with Crippen molar-refractivity contribution in [3.8, 4) is 0 Å². The van der Waals surface area contributed by atoms with Gasteiger partial charge < -0.3 is 19.9 Å². The lowest BCUT2D eigenvalue weighted by atomic mass is 9.97. The first kappa shape index (κ1) is 22.6. The molecule has 4 rings (SSSR count). The van der Waals surface area contributed by atoms with Gasteiger partial charge in [-0.1, -0.05) is 19.1 Å². The van der Waals surface area contributed by atoms with Crippen LogP contribution in [0.2, 0.25) is 0 Å². The van der Waals surface area contributed by atoms with Crippen molar-refractivity contribution in [1.29, 1.82) is 0 Å². The lowest BCUT2D eigenvalue weighted by Gasteiger charge is -2.27. The van der Waals surface area contributed by atoms with Crippen molar-refractivity contribution >= 4 is 11.7 Å². The number of halogens is 1. The van der Waals surface area contributed by atoms with Crippen LogP contribution in [0.4, 0.5) is 10.2 Å². The fourth-order valence-electron chi connectivity index (χ4n) is 4.33. The van der Waals surface area contributed by atoms with E-state index >= 15 is 0 Å². The maximum absolute atomic E-state index is 13.5. The topological polar surface area (TPSA) is 70.6 Å². The number of amides is 1. The van der Waals surface area contributed by atoms with Gasteiger partial charge in [0.1, 0.15) is 17.3 Å². The average Bonchev–Trinajstić information content (AvgIpc) is 3.33. The number of carbonyl (C=O) groups is 1. The Morgan fingerprint density at radius 3 is 2.50 bits per heavy atom. The van der Waals surface area contributed by atoms with Crippen molar-refractivity contribution in [2.24, 2.45) is 0 Å². The zero-order chi connectivity index (χ0) is 22.5. The van der Waals surface area contributed by atoms with Crippen molar-refractivity contribution in [3.05, 3.63) is 52.7 Å². The molecule has 0 radical (unpaired) electrons. The standard InChI is InChI=1S/C24H32FN5O2/c1-17(19-5-7-20(25)8-6-19)21-23(26-9-12-29-10-3-4-11-29)27-18(2)22(28-21)24(31)30-13-15-32-16-14-30/h5-8,17H,3-4,9-16H2,1-2H3,(H,26,27). The largest absolute Gasteiger partial charge is 0.378 e. The van der Waals surface area contributed by atoms with Crippen LogP contribution in [-0.2, 0) is 4.74 Å². The number of morpholine rings is 1. The quantitative estimate of drug-likeness (QED) is 0.712. The summed E-state index contributed by atoms with van der Waals surface area (Å²) in [5.74, 6) is 0.156. The number of likely N-dealkylation sites (tertiary alicyclic amines) is 1. The van der Waals surface area contributed by atoms with Gasteiger partial charge in [-0.3, -0.25) is 4.79 Å². The Morgan fingerprint density at radius 2 is 1.81 bits per heavy atom. The lowest BCUT2D eigenvalue weighted by Crippen LogP contribution is -2.41. The molecule has 0 spiro atoms. The third-order valence-corrected chi connectivity index (χ3v) is 6.30. The van der Waals surface area contributed by atoms with Crippen molar-refractivity contribution in [3.63, 3.8) is 0 Å². The molecular weight excluding hydrogens is 409 g/mol. The highest BCUT2D eigenvalue weighted by Gasteiger charge is 2.26. The second-order valence-electron chi connectivity index (χ2n) is 8.54. The number of hydrogen-bond acceptors (Lipinski definition) is 6. The van der Waals surface area contributed by atoms with Crippen LogP contribution in [0.5, 0.6) is 0 Å². The number of anilines is 1. The van der Waals surface area contributed by atoms with Crippen LogP contribution in [0.25, 0.3) is 0 Å². The monoisotopic (exact) mass is 441 g/mol. The highest BCUT2D eigenvalue weighted by atomic mass is 19.1. The predicted molar refractivity (Wildman–Crippen MR) is 122 cm³/mol. The first-order chi connectivity index (χ1) is 15.5. The van der Waals surface area contributed by atoms with Crippen LogP contribution in [0, 0.1) is 12.7 Å². The number of nitrogens with one attached hydrogen (secondary N) is 1. The fraction of sp³-hybridized carbons (Fsp3) is 0.542. The first-order valence-electron chi connectivity index (χ1n) is 11.5. The number of hydrogen-bond donors (Lipinski definition) is 1. The summed E-state index contributed by atoms with van der Waals surface area (Å²) in [4.78, 5) is 27.0. The van der Waals surface area contributed by atoms with Crippen LogP contribution >= 0.6 is 0 Å². The smallest absolute Gasteiger partial charge is 0.274 e. The van der Waals surface area contributed by atoms with E-state index in [2.05, 4.69) is 10.2 Å². The van der Waals surface area contributed by atoms with Gasteiger partial charge in [-0.05, 0) is 50.6 Å². The third-order valence-electron chi connectivity index (χ3n) is 6.30. The summed E-state index contributed by atoms with van der Waals surface area (Å²) in [6.45, 7) is 10.0. The normalized spacial score (nSPS) is 18.0. The molecule has 172 valence electrons. The molecular formula is C24H32FN5O2. The number of benzene rings is 1. The van der Waals surface area contributed by atoms with Crippen molar-refractivity contribution in [2.75, 3.05) is 57.8 Å². The van der Waals surface area contributed by atoms with Crippen molar-refractivity contribution in [2.45, 2.75) is 32.6 Å². The fourth-order valence-corrected chi connectivity index (χ4v) is 4.33. The van der Waals surface area contributed by atoms with E-state index < -0.39 is 0 Å². The highest BCUT2D eigenvalue weighted by molar-refractivity contribution is 5.93. The predicted octanol–water partition coefficient (Wildman–Crippen LogP) is 3.06. The van der Waals surface area contributed by atoms with E-state index in [1.165, 1.54) is 25.0 Å². The summed E-state index contributed by atoms with van der Waals surface area (Å²) in [6.07, 6.45) is 2.51. The SMILES string of the molecule is Cc1nc(NCCN2CCCC2)c(C(C)c2ccc(F)cc2)nc1C(=O)N1CCOCC1. The van der Waals surface area contributed by atoms with Gasteiger partial charge in [-0.2, -0.15) is 0 Å². The van der Waals surface area contributed by atoms with Gasteiger partial charge in [0.25, 0.3) is 5.91 Å². The molecule has 0 bridgehead atoms. The van der Waals surface area contributed by atoms with Gasteiger partial charge in [0.05, 0.1) is 24.6 Å². The molecule has 2 saturated heterocycles. The van der Waals surface area contributed by atoms with Gasteiger partial charge >= 0.3 is 0 Å². The van der Waals surface area contributed by atoms with E-state index in [0.29, 0.717) is 49.2 Å². The Labute approximate surface area is 189 Å². The summed E-state index contributed by atoms with van der Waals surface area (Å²) in [5, 5.41) is 3.45.